The second-order valence-corrected chi connectivity index (χ2v) is 5.90. The zero-order valence-corrected chi connectivity index (χ0v) is 11.9. The van der Waals surface area contributed by atoms with Crippen molar-refractivity contribution in [3.8, 4) is 5.75 Å². The van der Waals surface area contributed by atoms with Crippen LogP contribution in [0.15, 0.2) is 24.3 Å². The van der Waals surface area contributed by atoms with Gasteiger partial charge >= 0.3 is 0 Å². The molecule has 4 heteroatoms. The first-order valence-corrected chi connectivity index (χ1v) is 7.41. The number of nitrogens with one attached hydrogen (secondary N) is 2. The zero-order chi connectivity index (χ0) is 13.9. The number of methoxy groups -OCH3 is 1. The lowest BCUT2D eigenvalue weighted by Crippen LogP contribution is -2.48. The van der Waals surface area contributed by atoms with Crippen LogP contribution in [0.25, 0.3) is 0 Å². The fourth-order valence-corrected chi connectivity index (χ4v) is 3.42. The summed E-state index contributed by atoms with van der Waals surface area (Å²) in [6.07, 6.45) is 5.08. The first-order valence-electron chi connectivity index (χ1n) is 7.41. The van der Waals surface area contributed by atoms with E-state index in [9.17, 15) is 4.79 Å². The summed E-state index contributed by atoms with van der Waals surface area (Å²) >= 11 is 0. The van der Waals surface area contributed by atoms with E-state index in [-0.39, 0.29) is 5.91 Å². The van der Waals surface area contributed by atoms with Crippen LogP contribution in [0.4, 0.5) is 0 Å². The van der Waals surface area contributed by atoms with Crippen LogP contribution in [-0.4, -0.2) is 31.1 Å². The molecule has 0 aromatic heterocycles. The Balaban J connectivity index is 1.54. The molecule has 1 aromatic carbocycles. The van der Waals surface area contributed by atoms with Gasteiger partial charge in [0.1, 0.15) is 5.75 Å². The van der Waals surface area contributed by atoms with Gasteiger partial charge in [0.15, 0.2) is 0 Å². The van der Waals surface area contributed by atoms with Gasteiger partial charge in [0.05, 0.1) is 13.5 Å². The highest BCUT2D eigenvalue weighted by atomic mass is 16.5. The molecule has 2 aliphatic rings. The van der Waals surface area contributed by atoms with Crippen LogP contribution < -0.4 is 15.4 Å². The van der Waals surface area contributed by atoms with Gasteiger partial charge in [0.25, 0.3) is 0 Å². The molecule has 1 amide bonds. The monoisotopic (exact) mass is 274 g/mol. The van der Waals surface area contributed by atoms with Crippen LogP contribution in [0.3, 0.4) is 0 Å². The van der Waals surface area contributed by atoms with Crippen molar-refractivity contribution in [2.75, 3.05) is 7.11 Å². The van der Waals surface area contributed by atoms with Gasteiger partial charge in [-0.25, -0.2) is 0 Å². The maximum Gasteiger partial charge on any atom is 0.224 e. The summed E-state index contributed by atoms with van der Waals surface area (Å²) < 4.78 is 5.18. The third-order valence-electron chi connectivity index (χ3n) is 4.34. The third-order valence-corrected chi connectivity index (χ3v) is 4.34. The van der Waals surface area contributed by atoms with Crippen molar-refractivity contribution in [3.05, 3.63) is 29.8 Å². The van der Waals surface area contributed by atoms with Crippen molar-refractivity contribution >= 4 is 5.91 Å². The summed E-state index contributed by atoms with van der Waals surface area (Å²) in [5, 5.41) is 6.78. The zero-order valence-electron chi connectivity index (χ0n) is 11.9. The number of ether oxygens (including phenoxy) is 1. The molecule has 4 nitrogen and oxygen atoms in total. The first-order chi connectivity index (χ1) is 9.72. The van der Waals surface area contributed by atoms with Crippen LogP contribution in [0.5, 0.6) is 5.75 Å². The predicted molar refractivity (Wildman–Crippen MR) is 77.8 cm³/mol. The van der Waals surface area contributed by atoms with Crippen LogP contribution in [-0.2, 0) is 11.2 Å². The number of rotatable bonds is 4. The molecule has 2 bridgehead atoms. The Morgan fingerprint density at radius 2 is 2.10 bits per heavy atom. The Hall–Kier alpha value is -1.55. The first kappa shape index (κ1) is 13.4. The minimum Gasteiger partial charge on any atom is -0.497 e. The summed E-state index contributed by atoms with van der Waals surface area (Å²) in [7, 11) is 1.64. The third kappa shape index (κ3) is 3.12. The molecule has 3 rings (SSSR count). The van der Waals surface area contributed by atoms with E-state index in [2.05, 4.69) is 10.6 Å². The fraction of sp³-hybridized carbons (Fsp3) is 0.562. The summed E-state index contributed by atoms with van der Waals surface area (Å²) in [6, 6.07) is 9.26. The number of hydrogen-bond donors (Lipinski definition) is 2. The normalized spacial score (nSPS) is 28.1. The molecule has 2 heterocycles. The van der Waals surface area contributed by atoms with Crippen LogP contribution >= 0.6 is 0 Å². The molecule has 108 valence electrons. The minimum atomic E-state index is 0.115. The van der Waals surface area contributed by atoms with Gasteiger partial charge in [-0.05, 0) is 43.4 Å². The van der Waals surface area contributed by atoms with Crippen molar-refractivity contribution in [3.63, 3.8) is 0 Å². The maximum atomic E-state index is 12.1. The van der Waals surface area contributed by atoms with Gasteiger partial charge < -0.3 is 15.4 Å². The molecule has 2 unspecified atom stereocenters. The standard InChI is InChI=1S/C16H22N2O2/c1-20-15-4-2-3-11(7-15)8-16(19)18-14-9-12-5-6-13(10-14)17-12/h2-4,7,12-14,17H,5-6,8-10H2,1H3,(H,18,19). The Morgan fingerprint density at radius 1 is 1.35 bits per heavy atom. The van der Waals surface area contributed by atoms with Crippen LogP contribution in [0, 0.1) is 0 Å². The Bertz CT molecular complexity index is 477. The van der Waals surface area contributed by atoms with E-state index in [0.717, 1.165) is 24.2 Å². The molecule has 2 fully saturated rings. The SMILES string of the molecule is COc1cccc(CC(=O)NC2CC3CCC(C2)N3)c1. The highest BCUT2D eigenvalue weighted by Gasteiger charge is 2.33. The Kier molecular flexibility index (Phi) is 3.92. The van der Waals surface area contributed by atoms with E-state index < -0.39 is 0 Å². The van der Waals surface area contributed by atoms with E-state index in [1.54, 1.807) is 7.11 Å². The number of carbonyl (C=O) groups excluding carboxylic acids is 1. The Morgan fingerprint density at radius 3 is 2.80 bits per heavy atom. The molecule has 0 saturated carbocycles. The average Bonchev–Trinajstić information content (AvgIpc) is 2.78. The average molecular weight is 274 g/mol. The maximum absolute atomic E-state index is 12.1. The summed E-state index contributed by atoms with van der Waals surface area (Å²) in [6.45, 7) is 0. The van der Waals surface area contributed by atoms with Crippen LogP contribution in [0.1, 0.15) is 31.2 Å². The summed E-state index contributed by atoms with van der Waals surface area (Å²) in [4.78, 5) is 12.1. The molecule has 2 saturated heterocycles. The molecule has 20 heavy (non-hydrogen) atoms. The van der Waals surface area contributed by atoms with E-state index in [4.69, 9.17) is 4.74 Å². The van der Waals surface area contributed by atoms with Crippen molar-refractivity contribution in [2.45, 2.75) is 50.2 Å². The van der Waals surface area contributed by atoms with Crippen molar-refractivity contribution in [1.29, 1.82) is 0 Å². The topological polar surface area (TPSA) is 50.4 Å². The second-order valence-electron chi connectivity index (χ2n) is 5.90. The quantitative estimate of drug-likeness (QED) is 0.877. The molecule has 2 atom stereocenters. The van der Waals surface area contributed by atoms with E-state index >= 15 is 0 Å². The predicted octanol–water partition coefficient (Wildman–Crippen LogP) is 1.64. The smallest absolute Gasteiger partial charge is 0.224 e. The molecule has 1 aromatic rings. The lowest BCUT2D eigenvalue weighted by molar-refractivity contribution is -0.121. The number of amides is 1. The molecule has 2 N–H and O–H groups in total. The van der Waals surface area contributed by atoms with E-state index in [0.29, 0.717) is 24.5 Å². The van der Waals surface area contributed by atoms with Gasteiger partial charge in [0.2, 0.25) is 5.91 Å². The molecule has 0 aliphatic carbocycles. The largest absolute Gasteiger partial charge is 0.497 e. The fourth-order valence-electron chi connectivity index (χ4n) is 3.42. The van der Waals surface area contributed by atoms with E-state index in [1.807, 2.05) is 24.3 Å². The van der Waals surface area contributed by atoms with Crippen molar-refractivity contribution < 1.29 is 9.53 Å². The van der Waals surface area contributed by atoms with E-state index in [1.165, 1.54) is 12.8 Å². The Labute approximate surface area is 119 Å². The molecular weight excluding hydrogens is 252 g/mol. The molecule has 2 aliphatic heterocycles. The van der Waals surface area contributed by atoms with Gasteiger partial charge in [0, 0.05) is 18.1 Å². The second kappa shape index (κ2) is 5.83. The van der Waals surface area contributed by atoms with Gasteiger partial charge in [-0.3, -0.25) is 4.79 Å². The minimum absolute atomic E-state index is 0.115. The summed E-state index contributed by atoms with van der Waals surface area (Å²) in [5.41, 5.74) is 0.999. The van der Waals surface area contributed by atoms with Crippen molar-refractivity contribution in [1.82, 2.24) is 10.6 Å². The number of piperidine rings is 1. The van der Waals surface area contributed by atoms with Crippen LogP contribution in [0.2, 0.25) is 0 Å². The summed E-state index contributed by atoms with van der Waals surface area (Å²) in [5.74, 6) is 0.916. The molecule has 0 spiro atoms. The van der Waals surface area contributed by atoms with Gasteiger partial charge in [-0.2, -0.15) is 0 Å². The lowest BCUT2D eigenvalue weighted by Gasteiger charge is -2.29. The number of hydrogen-bond acceptors (Lipinski definition) is 3. The number of carbonyl (C=O) groups is 1. The highest BCUT2D eigenvalue weighted by Crippen LogP contribution is 2.26. The number of benzene rings is 1. The molecular formula is C16H22N2O2. The van der Waals surface area contributed by atoms with Gasteiger partial charge in [-0.1, -0.05) is 12.1 Å². The molecule has 0 radical (unpaired) electrons. The van der Waals surface area contributed by atoms with Crippen molar-refractivity contribution in [2.24, 2.45) is 0 Å². The highest BCUT2D eigenvalue weighted by molar-refractivity contribution is 5.79. The number of fused-ring (bicyclic) bond motifs is 2. The lowest BCUT2D eigenvalue weighted by atomic mass is 9.99. The van der Waals surface area contributed by atoms with Gasteiger partial charge in [-0.15, -0.1) is 0 Å².